The molecule has 0 fully saturated rings. The fourth-order valence-corrected chi connectivity index (χ4v) is 14.8. The summed E-state index contributed by atoms with van der Waals surface area (Å²) in [6.07, 6.45) is 36.2. The molecule has 6 aromatic rings. The molecule has 0 saturated carbocycles. The maximum Gasteiger partial charge on any atom is 0.452 e. The number of nitrogens with one attached hydrogen (secondary N) is 2. The largest absolute Gasteiger partial charge is 0.493 e. The van der Waals surface area contributed by atoms with Crippen LogP contribution in [0.2, 0.25) is 0 Å². The van der Waals surface area contributed by atoms with Crippen molar-refractivity contribution in [2.75, 3.05) is 54.3 Å². The van der Waals surface area contributed by atoms with Gasteiger partial charge in [-0.25, -0.2) is 14.6 Å². The van der Waals surface area contributed by atoms with E-state index in [2.05, 4.69) is 36.4 Å². The Hall–Kier alpha value is -7.22. The molecule has 13 nitrogen and oxygen atoms in total. The van der Waals surface area contributed by atoms with Crippen molar-refractivity contribution >= 4 is 70.7 Å². The van der Waals surface area contributed by atoms with Crippen molar-refractivity contribution in [1.82, 2.24) is 10.6 Å². The van der Waals surface area contributed by atoms with Crippen LogP contribution in [0.15, 0.2) is 169 Å². The summed E-state index contributed by atoms with van der Waals surface area (Å²) >= 11 is 5.78. The van der Waals surface area contributed by atoms with Crippen LogP contribution in [-0.4, -0.2) is 119 Å². The average molecular weight is 1580 g/mol. The Bertz CT molecular complexity index is 3410. The molecule has 1 aliphatic rings. The highest BCUT2D eigenvalue weighted by atomic mass is 32.2. The lowest BCUT2D eigenvalue weighted by Crippen LogP contribution is -2.48. The number of nitrogens with zero attached hydrogens (tertiary/aromatic N) is 1. The molecule has 1 heterocycles. The average Bonchev–Trinajstić information content (AvgIpc) is 1.48. The number of unbranched alkanes of at least 4 members (excludes halogenated alkanes) is 27. The van der Waals surface area contributed by atoms with Crippen LogP contribution in [0.4, 0.5) is 13.2 Å². The van der Waals surface area contributed by atoms with Crippen molar-refractivity contribution in [3.05, 3.63) is 197 Å². The van der Waals surface area contributed by atoms with Crippen molar-refractivity contribution in [2.45, 2.75) is 257 Å². The van der Waals surface area contributed by atoms with E-state index in [0.717, 1.165) is 57.8 Å². The summed E-state index contributed by atoms with van der Waals surface area (Å²) in [5.74, 6) is 4.60. The highest BCUT2D eigenvalue weighted by Crippen LogP contribution is 2.25. The third kappa shape index (κ3) is 43.0. The number of halogens is 3. The zero-order valence-corrected chi connectivity index (χ0v) is 68.4. The van der Waals surface area contributed by atoms with E-state index in [4.69, 9.17) is 18.9 Å². The number of aliphatic carboxylic acids is 1. The van der Waals surface area contributed by atoms with Crippen molar-refractivity contribution in [3.63, 3.8) is 0 Å². The summed E-state index contributed by atoms with van der Waals surface area (Å²) in [7, 11) is 0. The number of carbonyl (C=O) groups excluding carboxylic acids is 4. The van der Waals surface area contributed by atoms with Crippen LogP contribution in [0, 0.1) is 0 Å². The van der Waals surface area contributed by atoms with E-state index in [1.807, 2.05) is 120 Å². The van der Waals surface area contributed by atoms with E-state index in [1.54, 1.807) is 66.7 Å². The van der Waals surface area contributed by atoms with Gasteiger partial charge in [0.15, 0.2) is 6.04 Å². The highest BCUT2D eigenvalue weighted by molar-refractivity contribution is 7.99. The summed E-state index contributed by atoms with van der Waals surface area (Å²) in [6, 6.07) is 44.9. The van der Waals surface area contributed by atoms with Gasteiger partial charge in [0.05, 0.1) is 19.8 Å². The van der Waals surface area contributed by atoms with Gasteiger partial charge in [-0.05, 0) is 126 Å². The van der Waals surface area contributed by atoms with Crippen LogP contribution in [0.5, 0.6) is 17.2 Å². The number of cyclic esters (lactones) is 1. The molecular weight excluding hydrogens is 1450 g/mol. The Kier molecular flexibility index (Phi) is 50.5. The molecule has 3 N–H and O–H groups in total. The predicted octanol–water partition coefficient (Wildman–Crippen LogP) is 23.0. The van der Waals surface area contributed by atoms with Crippen molar-refractivity contribution in [2.24, 2.45) is 4.99 Å². The quantitative estimate of drug-likeness (QED) is 0.0243. The van der Waals surface area contributed by atoms with E-state index in [0.29, 0.717) is 42.4 Å². The second-order valence-electron chi connectivity index (χ2n) is 28.2. The number of Topliss-reactive ketones (excluding diaryl/α,β-unsaturated/α-hetero) is 1. The number of ether oxygens (including phenoxy) is 4. The smallest absolute Gasteiger partial charge is 0.452 e. The molecule has 0 radical (unpaired) electrons. The molecule has 6 aromatic carbocycles. The van der Waals surface area contributed by atoms with Crippen molar-refractivity contribution in [1.29, 1.82) is 0 Å². The first-order valence-corrected chi connectivity index (χ1v) is 44.4. The zero-order chi connectivity index (χ0) is 78.8. The lowest BCUT2D eigenvalue weighted by molar-refractivity contribution is -0.173. The number of esters is 1. The van der Waals surface area contributed by atoms with E-state index in [9.17, 15) is 42.3 Å². The van der Waals surface area contributed by atoms with Gasteiger partial charge in [0.2, 0.25) is 5.90 Å². The Labute approximate surface area is 669 Å². The number of aliphatic imine (C=N–C) groups is 1. The van der Waals surface area contributed by atoms with Crippen LogP contribution >= 0.6 is 35.3 Å². The molecule has 19 heteroatoms. The van der Waals surface area contributed by atoms with Gasteiger partial charge in [0.25, 0.3) is 17.6 Å². The summed E-state index contributed by atoms with van der Waals surface area (Å²) in [6.45, 7) is 8.71. The number of ketones is 1. The summed E-state index contributed by atoms with van der Waals surface area (Å²) in [4.78, 5) is 65.1. The summed E-state index contributed by atoms with van der Waals surface area (Å²) in [5, 5.41) is 14.4. The Morgan fingerprint density at radius 1 is 0.418 bits per heavy atom. The molecule has 7 rings (SSSR count). The molecule has 110 heavy (non-hydrogen) atoms. The van der Waals surface area contributed by atoms with Crippen LogP contribution in [0.25, 0.3) is 0 Å². The highest BCUT2D eigenvalue weighted by Gasteiger charge is 2.44. The Morgan fingerprint density at radius 3 is 1.06 bits per heavy atom. The second kappa shape index (κ2) is 59.5. The van der Waals surface area contributed by atoms with Crippen LogP contribution in [0.1, 0.15) is 256 Å². The topological polar surface area (TPSA) is 179 Å². The number of amides is 2. The minimum Gasteiger partial charge on any atom is -0.493 e. The monoisotopic (exact) mass is 1570 g/mol. The molecule has 2 amide bonds. The fourth-order valence-electron chi connectivity index (χ4n) is 12.4. The molecule has 0 spiro atoms. The first kappa shape index (κ1) is 93.4. The summed E-state index contributed by atoms with van der Waals surface area (Å²) < 4.78 is 62.3. The van der Waals surface area contributed by atoms with Gasteiger partial charge in [0.1, 0.15) is 29.3 Å². The molecule has 0 aromatic heterocycles. The van der Waals surface area contributed by atoms with E-state index >= 15 is 0 Å². The predicted molar refractivity (Wildman–Crippen MR) is 451 cm³/mol. The molecule has 604 valence electrons. The SMILES string of the molecule is CCCCCCCCCCCCSCCOc1ccc(CC(NC(=O)c2ccccc2)C(=O)C(F)(F)F)cc1.CCCCCCCCCCCCSCCOc1ccc(CC(NC(=O)c2ccccc2)C(=O)O)cc1.CCCCCCCCCCCCSCCOc1ccc(CC2N=C(c3ccccc3)OC2=O)cc1. The lowest BCUT2D eigenvalue weighted by Gasteiger charge is -2.19. The van der Waals surface area contributed by atoms with Gasteiger partial charge in [-0.3, -0.25) is 14.4 Å². The lowest BCUT2D eigenvalue weighted by atomic mass is 10.0. The molecule has 3 atom stereocenters. The first-order chi connectivity index (χ1) is 53.7. The van der Waals surface area contributed by atoms with Gasteiger partial charge < -0.3 is 34.7 Å². The number of alkyl halides is 3. The van der Waals surface area contributed by atoms with Crippen molar-refractivity contribution in [3.8, 4) is 17.2 Å². The molecular formula is C91H126F3N3O10S3. The summed E-state index contributed by atoms with van der Waals surface area (Å²) in [5.41, 5.74) is 3.84. The van der Waals surface area contributed by atoms with Gasteiger partial charge in [-0.2, -0.15) is 48.5 Å². The molecule has 1 aliphatic heterocycles. The van der Waals surface area contributed by atoms with Crippen LogP contribution < -0.4 is 24.8 Å². The van der Waals surface area contributed by atoms with E-state index in [1.165, 1.54) is 216 Å². The fraction of sp³-hybridized carbons (Fsp3) is 0.538. The molecule has 0 saturated heterocycles. The third-order valence-electron chi connectivity index (χ3n) is 18.8. The normalized spacial score (nSPS) is 13.0. The minimum absolute atomic E-state index is 0.187. The number of carboxylic acid groups (broad SMARTS) is 1. The van der Waals surface area contributed by atoms with Gasteiger partial charge >= 0.3 is 18.1 Å². The number of carboxylic acids is 1. The Morgan fingerprint density at radius 2 is 0.727 bits per heavy atom. The van der Waals surface area contributed by atoms with E-state index < -0.39 is 47.9 Å². The van der Waals surface area contributed by atoms with Gasteiger partial charge in [0, 0.05) is 53.2 Å². The number of hydrogen-bond acceptors (Lipinski definition) is 13. The molecule has 0 bridgehead atoms. The number of thioether (sulfide) groups is 3. The number of benzene rings is 6. The minimum atomic E-state index is -5.05. The number of hydrogen-bond donors (Lipinski definition) is 3. The zero-order valence-electron chi connectivity index (χ0n) is 65.9. The second-order valence-corrected chi connectivity index (χ2v) is 31.9. The van der Waals surface area contributed by atoms with E-state index in [-0.39, 0.29) is 24.4 Å². The molecule has 0 aliphatic carbocycles. The van der Waals surface area contributed by atoms with Gasteiger partial charge in [-0.15, -0.1) is 0 Å². The standard InChI is InChI=1S/C31H42F3NO3S.C30H43NO4S.C30H41NO3S/c1-2-3-4-5-6-7-8-9-10-14-22-39-23-21-38-27-19-17-25(18-20-27)24-28(29(36)31(32,33)34)35-30(37)26-15-12-11-13-16-26;1-2-3-4-5-6-7-8-9-10-14-22-36-23-21-35-27-19-17-25(18-20-27)24-28(30(33)34)31-29(32)26-15-12-11-13-16-26;1-2-3-4-5-6-7-8-9-10-14-22-35-23-21-33-27-19-17-25(18-20-27)24-28-30(32)34-29(31-28)26-15-12-11-13-16-26/h11-13,15-20,28H,2-10,14,21-24H2,1H3,(H,35,37);11-13,15-20,28H,2-10,14,21-24H2,1H3,(H,31,32)(H,33,34);11-13,15-20,28H,2-10,14,21-24H2,1H3. The van der Waals surface area contributed by atoms with Crippen LogP contribution in [-0.2, 0) is 38.4 Å². The maximum absolute atomic E-state index is 13.2. The molecule has 3 unspecified atom stereocenters. The first-order valence-electron chi connectivity index (χ1n) is 41.0. The maximum atomic E-state index is 13.2. The van der Waals surface area contributed by atoms with Crippen LogP contribution in [0.3, 0.4) is 0 Å². The van der Waals surface area contributed by atoms with Crippen molar-refractivity contribution < 1.29 is 61.2 Å². The van der Waals surface area contributed by atoms with Gasteiger partial charge in [-0.1, -0.05) is 285 Å². The third-order valence-corrected chi connectivity index (χ3v) is 21.9. The number of carbonyl (C=O) groups is 5. The number of rotatable bonds is 58. The Balaban J connectivity index is 0.000000296.